The Balaban J connectivity index is 1.50. The van der Waals surface area contributed by atoms with Gasteiger partial charge in [-0.3, -0.25) is 14.4 Å². The van der Waals surface area contributed by atoms with Gasteiger partial charge in [0.05, 0.1) is 34.7 Å². The minimum Gasteiger partial charge on any atom is -0.394 e. The highest BCUT2D eigenvalue weighted by Gasteiger charge is 2.77. The number of carbonyl (C=O) groups is 3. The van der Waals surface area contributed by atoms with Crippen LogP contribution in [0.25, 0.3) is 11.0 Å². The summed E-state index contributed by atoms with van der Waals surface area (Å²) in [5.74, 6) is -1.78. The van der Waals surface area contributed by atoms with E-state index in [-0.39, 0.29) is 31.0 Å². The molecule has 2 aromatic rings. The molecule has 2 unspecified atom stereocenters. The zero-order chi connectivity index (χ0) is 24.3. The van der Waals surface area contributed by atoms with Gasteiger partial charge in [0, 0.05) is 11.8 Å². The number of rotatable bonds is 7. The Morgan fingerprint density at radius 2 is 2.06 bits per heavy atom. The number of hydrogen-bond donors (Lipinski definition) is 3. The molecule has 3 N–H and O–H groups in total. The maximum atomic E-state index is 13.8. The number of benzene rings is 1. The van der Waals surface area contributed by atoms with Crippen LogP contribution in [0.5, 0.6) is 0 Å². The molecule has 1 spiro atoms. The molecule has 6 atom stereocenters. The van der Waals surface area contributed by atoms with Crippen LogP contribution in [0.15, 0.2) is 24.3 Å². The fourth-order valence-corrected chi connectivity index (χ4v) is 8.65. The maximum absolute atomic E-state index is 13.8. The molecule has 182 valence electrons. The first-order chi connectivity index (χ1) is 16.3. The number of amides is 3. The van der Waals surface area contributed by atoms with Crippen LogP contribution in [0.2, 0.25) is 0 Å². The van der Waals surface area contributed by atoms with Gasteiger partial charge in [0.15, 0.2) is 0 Å². The Hall–Kier alpha value is -2.66. The number of hydrogen-bond acceptors (Lipinski definition) is 7. The predicted octanol–water partition coefficient (Wildman–Crippen LogP) is 0.503. The monoisotopic (exact) mass is 486 g/mol. The highest BCUT2D eigenvalue weighted by molar-refractivity contribution is 8.02. The first kappa shape index (κ1) is 23.1. The van der Waals surface area contributed by atoms with Gasteiger partial charge in [0.25, 0.3) is 0 Å². The summed E-state index contributed by atoms with van der Waals surface area (Å²) in [4.78, 5) is 42.1. The molecule has 11 heteroatoms. The Morgan fingerprint density at radius 3 is 2.76 bits per heavy atom. The molecule has 1 aromatic heterocycles. The number of nitrogens with one attached hydrogen (secondary N) is 2. The molecular weight excluding hydrogens is 456 g/mol. The molecule has 3 amide bonds. The number of nitrogens with zero attached hydrogens (tertiary/aromatic N) is 4. The van der Waals surface area contributed by atoms with Crippen LogP contribution in [-0.2, 0) is 21.1 Å². The molecule has 3 aliphatic rings. The van der Waals surface area contributed by atoms with Crippen molar-refractivity contribution in [2.45, 2.75) is 61.4 Å². The highest BCUT2D eigenvalue weighted by atomic mass is 32.2. The van der Waals surface area contributed by atoms with Crippen LogP contribution in [0, 0.1) is 11.8 Å². The van der Waals surface area contributed by atoms with Crippen molar-refractivity contribution in [1.82, 2.24) is 30.5 Å². The number of aliphatic hydroxyl groups excluding tert-OH is 1. The average Bonchev–Trinajstić information content (AvgIpc) is 3.54. The summed E-state index contributed by atoms with van der Waals surface area (Å²) in [6, 6.07) is 6.21. The number of aromatic nitrogens is 3. The molecule has 5 rings (SSSR count). The van der Waals surface area contributed by atoms with Gasteiger partial charge < -0.3 is 20.6 Å². The highest BCUT2D eigenvalue weighted by Crippen LogP contribution is 2.71. The first-order valence-electron chi connectivity index (χ1n) is 11.7. The third kappa shape index (κ3) is 3.09. The maximum Gasteiger partial charge on any atom is 0.245 e. The van der Waals surface area contributed by atoms with Crippen LogP contribution >= 0.6 is 11.8 Å². The molecule has 3 fully saturated rings. The van der Waals surface area contributed by atoms with E-state index in [9.17, 15) is 19.5 Å². The van der Waals surface area contributed by atoms with E-state index in [1.807, 2.05) is 38.1 Å². The number of fused-ring (bicyclic) bond motifs is 2. The fraction of sp³-hybridized carbons (Fsp3) is 0.609. The zero-order valence-electron chi connectivity index (χ0n) is 19.5. The van der Waals surface area contributed by atoms with E-state index in [0.29, 0.717) is 12.8 Å². The average molecular weight is 487 g/mol. The molecule has 10 nitrogen and oxygen atoms in total. The Kier molecular flexibility index (Phi) is 5.59. The van der Waals surface area contributed by atoms with E-state index in [1.54, 1.807) is 28.4 Å². The van der Waals surface area contributed by atoms with Crippen molar-refractivity contribution in [1.29, 1.82) is 0 Å². The van der Waals surface area contributed by atoms with E-state index in [1.165, 1.54) is 0 Å². The number of para-hydroxylation sites is 1. The van der Waals surface area contributed by atoms with E-state index >= 15 is 0 Å². The van der Waals surface area contributed by atoms with Gasteiger partial charge in [-0.05, 0) is 38.3 Å². The zero-order valence-corrected chi connectivity index (χ0v) is 20.3. The second-order valence-electron chi connectivity index (χ2n) is 9.61. The second kappa shape index (κ2) is 8.23. The molecule has 0 saturated carbocycles. The standard InChI is InChI=1S/C23H30N6O4S/c1-4-13(11-30)29-18(20(32)25-12-28-15-8-6-5-7-14(15)26-27-28)23-10-9-22(2,34-23)16(19(31)24-3)17(23)21(29)33/h5-8,13,16-18,30H,4,9-12H2,1-3H3,(H,24,31)(H,25,32)/t13-,16-,17-,18?,22+,23?/m0/s1. The van der Waals surface area contributed by atoms with Crippen molar-refractivity contribution < 1.29 is 19.5 Å². The van der Waals surface area contributed by atoms with Crippen LogP contribution < -0.4 is 10.6 Å². The Labute approximate surface area is 201 Å². The van der Waals surface area contributed by atoms with E-state index in [0.717, 1.165) is 17.5 Å². The largest absolute Gasteiger partial charge is 0.394 e. The normalized spacial score (nSPS) is 32.8. The lowest BCUT2D eigenvalue weighted by Gasteiger charge is -2.36. The third-order valence-electron chi connectivity index (χ3n) is 7.89. The van der Waals surface area contributed by atoms with Crippen molar-refractivity contribution in [2.75, 3.05) is 13.7 Å². The van der Waals surface area contributed by atoms with Gasteiger partial charge in [-0.1, -0.05) is 24.3 Å². The van der Waals surface area contributed by atoms with Crippen molar-refractivity contribution in [2.24, 2.45) is 11.8 Å². The van der Waals surface area contributed by atoms with Gasteiger partial charge in [0.1, 0.15) is 18.2 Å². The van der Waals surface area contributed by atoms with Gasteiger partial charge in [-0.2, -0.15) is 0 Å². The van der Waals surface area contributed by atoms with Crippen molar-refractivity contribution in [3.8, 4) is 0 Å². The SMILES string of the molecule is CC[C@@H](CO)N1C(=O)[C@@H]2[C@@H](C(=O)NC)[C@@]3(C)CCC2(S3)C1C(=O)NCn1nnc2ccccc21. The summed E-state index contributed by atoms with van der Waals surface area (Å²) in [5, 5.41) is 24.0. The third-order valence-corrected chi connectivity index (χ3v) is 9.88. The minimum absolute atomic E-state index is 0.106. The van der Waals surface area contributed by atoms with Crippen LogP contribution in [0.4, 0.5) is 0 Å². The predicted molar refractivity (Wildman–Crippen MR) is 126 cm³/mol. The number of carbonyl (C=O) groups excluding carboxylic acids is 3. The second-order valence-corrected chi connectivity index (χ2v) is 11.5. The molecule has 0 aliphatic carbocycles. The Morgan fingerprint density at radius 1 is 1.29 bits per heavy atom. The molecule has 34 heavy (non-hydrogen) atoms. The Bertz CT molecular complexity index is 1150. The minimum atomic E-state index is -0.779. The van der Waals surface area contributed by atoms with Crippen LogP contribution in [0.3, 0.4) is 0 Å². The quantitative estimate of drug-likeness (QED) is 0.520. The van der Waals surface area contributed by atoms with E-state index < -0.39 is 33.4 Å². The molecule has 3 aliphatic heterocycles. The summed E-state index contributed by atoms with van der Waals surface area (Å²) in [6.45, 7) is 3.78. The number of likely N-dealkylation sites (tertiary alicyclic amines) is 1. The lowest BCUT2D eigenvalue weighted by Crippen LogP contribution is -2.56. The molecule has 2 bridgehead atoms. The van der Waals surface area contributed by atoms with Crippen molar-refractivity contribution in [3.63, 3.8) is 0 Å². The summed E-state index contributed by atoms with van der Waals surface area (Å²) in [5.41, 5.74) is 1.52. The first-order valence-corrected chi connectivity index (χ1v) is 12.5. The molecule has 1 aromatic carbocycles. The number of aliphatic hydroxyl groups is 1. The van der Waals surface area contributed by atoms with E-state index in [2.05, 4.69) is 20.9 Å². The lowest BCUT2D eigenvalue weighted by molar-refractivity contribution is -0.143. The molecular formula is C23H30N6O4S. The summed E-state index contributed by atoms with van der Waals surface area (Å²) in [7, 11) is 1.58. The van der Waals surface area contributed by atoms with Crippen LogP contribution in [-0.4, -0.2) is 78.0 Å². The van der Waals surface area contributed by atoms with Gasteiger partial charge in [0.2, 0.25) is 17.7 Å². The van der Waals surface area contributed by atoms with Gasteiger partial charge in [-0.15, -0.1) is 16.9 Å². The smallest absolute Gasteiger partial charge is 0.245 e. The molecule has 4 heterocycles. The van der Waals surface area contributed by atoms with Crippen molar-refractivity contribution in [3.05, 3.63) is 24.3 Å². The summed E-state index contributed by atoms with van der Waals surface area (Å²) >= 11 is 1.61. The summed E-state index contributed by atoms with van der Waals surface area (Å²) < 4.78 is 0.495. The van der Waals surface area contributed by atoms with Gasteiger partial charge >= 0.3 is 0 Å². The van der Waals surface area contributed by atoms with Crippen LogP contribution in [0.1, 0.15) is 33.1 Å². The molecule has 0 radical (unpaired) electrons. The fourth-order valence-electron chi connectivity index (χ4n) is 6.31. The topological polar surface area (TPSA) is 129 Å². The van der Waals surface area contributed by atoms with Crippen molar-refractivity contribution >= 4 is 40.5 Å². The number of thioether (sulfide) groups is 1. The van der Waals surface area contributed by atoms with Gasteiger partial charge in [-0.25, -0.2) is 4.68 Å². The lowest BCUT2D eigenvalue weighted by atomic mass is 9.66. The molecule has 3 saturated heterocycles. The van der Waals surface area contributed by atoms with E-state index in [4.69, 9.17) is 0 Å². The summed E-state index contributed by atoms with van der Waals surface area (Å²) in [6.07, 6.45) is 1.93.